The van der Waals surface area contributed by atoms with Crippen LogP contribution in [0.1, 0.15) is 0 Å². The Hall–Kier alpha value is -1.35. The van der Waals surface area contributed by atoms with Crippen LogP contribution in [0.4, 0.5) is 19.1 Å². The molecule has 1 unspecified atom stereocenters. The summed E-state index contributed by atoms with van der Waals surface area (Å²) in [5.74, 6) is 0.469. The van der Waals surface area contributed by atoms with Crippen LogP contribution in [0.3, 0.4) is 0 Å². The molecule has 0 bridgehead atoms. The van der Waals surface area contributed by atoms with Crippen LogP contribution in [0.25, 0.3) is 5.52 Å². The third-order valence-corrected chi connectivity index (χ3v) is 3.86. The highest BCUT2D eigenvalue weighted by atomic mass is 79.9. The summed E-state index contributed by atoms with van der Waals surface area (Å²) in [6.45, 7) is 0.567. The molecule has 0 spiro atoms. The molecule has 5 nitrogen and oxygen atoms in total. The highest BCUT2D eigenvalue weighted by Gasteiger charge is 2.42. The lowest BCUT2D eigenvalue weighted by atomic mass is 10.2. The molecule has 108 valence electrons. The van der Waals surface area contributed by atoms with Gasteiger partial charge < -0.3 is 10.2 Å². The van der Waals surface area contributed by atoms with E-state index in [0.717, 1.165) is 5.52 Å². The molecule has 20 heavy (non-hydrogen) atoms. The van der Waals surface area contributed by atoms with Crippen molar-refractivity contribution in [3.63, 3.8) is 0 Å². The fourth-order valence-corrected chi connectivity index (χ4v) is 2.68. The quantitative estimate of drug-likeness (QED) is 0.853. The highest BCUT2D eigenvalue weighted by Crippen LogP contribution is 2.26. The Morgan fingerprint density at radius 2 is 2.15 bits per heavy atom. The Balaban J connectivity index is 1.95. The van der Waals surface area contributed by atoms with E-state index in [1.807, 2.05) is 0 Å². The first kappa shape index (κ1) is 13.6. The first-order chi connectivity index (χ1) is 9.47. The van der Waals surface area contributed by atoms with Crippen LogP contribution in [0.2, 0.25) is 0 Å². The number of hydrogen-bond donors (Lipinski definition) is 1. The number of nitrogens with zero attached hydrogens (tertiary/aromatic N) is 4. The molecule has 0 saturated carbocycles. The molecule has 3 rings (SSSR count). The molecule has 2 aromatic rings. The SMILES string of the molecule is FC(F)(F)C1CN(c2nccc3c(Br)ncn23)CCN1. The van der Waals surface area contributed by atoms with Crippen LogP contribution in [0, 0.1) is 0 Å². The van der Waals surface area contributed by atoms with E-state index in [1.54, 1.807) is 27.9 Å². The summed E-state index contributed by atoms with van der Waals surface area (Å²) in [6.07, 6.45) is -1.14. The van der Waals surface area contributed by atoms with Crippen LogP contribution in [-0.4, -0.2) is 46.2 Å². The highest BCUT2D eigenvalue weighted by molar-refractivity contribution is 9.10. The number of rotatable bonds is 1. The van der Waals surface area contributed by atoms with Gasteiger partial charge in [-0.1, -0.05) is 0 Å². The normalized spacial score (nSPS) is 20.6. The van der Waals surface area contributed by atoms with Gasteiger partial charge in [-0.2, -0.15) is 13.2 Å². The molecule has 2 aromatic heterocycles. The van der Waals surface area contributed by atoms with Gasteiger partial charge in [-0.25, -0.2) is 9.97 Å². The molecule has 0 aliphatic carbocycles. The summed E-state index contributed by atoms with van der Waals surface area (Å²) >= 11 is 3.30. The molecular weight excluding hydrogens is 339 g/mol. The predicted molar refractivity (Wildman–Crippen MR) is 70.7 cm³/mol. The zero-order valence-electron chi connectivity index (χ0n) is 10.2. The molecule has 1 fully saturated rings. The fraction of sp³-hybridized carbons (Fsp3) is 0.455. The van der Waals surface area contributed by atoms with Gasteiger partial charge in [-0.3, -0.25) is 4.40 Å². The van der Waals surface area contributed by atoms with E-state index in [4.69, 9.17) is 0 Å². The number of anilines is 1. The van der Waals surface area contributed by atoms with Crippen molar-refractivity contribution in [3.05, 3.63) is 23.2 Å². The maximum atomic E-state index is 12.8. The van der Waals surface area contributed by atoms with Crippen LogP contribution in [0.15, 0.2) is 23.2 Å². The Kier molecular flexibility index (Phi) is 3.33. The first-order valence-electron chi connectivity index (χ1n) is 5.99. The Bertz CT molecular complexity index is 626. The molecule has 3 heterocycles. The second-order valence-electron chi connectivity index (χ2n) is 4.53. The molecular formula is C11H11BrF3N5. The van der Waals surface area contributed by atoms with E-state index in [0.29, 0.717) is 17.1 Å². The average Bonchev–Trinajstić information content (AvgIpc) is 2.80. The number of nitrogens with one attached hydrogen (secondary N) is 1. The van der Waals surface area contributed by atoms with Crippen molar-refractivity contribution in [1.82, 2.24) is 19.7 Å². The third kappa shape index (κ3) is 2.35. The molecule has 1 aliphatic rings. The fourth-order valence-electron chi connectivity index (χ4n) is 2.27. The topological polar surface area (TPSA) is 45.5 Å². The van der Waals surface area contributed by atoms with Crippen LogP contribution in [0.5, 0.6) is 0 Å². The summed E-state index contributed by atoms with van der Waals surface area (Å²) < 4.78 is 40.8. The largest absolute Gasteiger partial charge is 0.405 e. The number of aromatic nitrogens is 3. The first-order valence-corrected chi connectivity index (χ1v) is 6.79. The summed E-state index contributed by atoms with van der Waals surface area (Å²) in [6, 6.07) is 0.213. The van der Waals surface area contributed by atoms with Gasteiger partial charge in [0, 0.05) is 25.8 Å². The average molecular weight is 350 g/mol. The van der Waals surface area contributed by atoms with Gasteiger partial charge in [0.2, 0.25) is 5.95 Å². The Morgan fingerprint density at radius 1 is 1.35 bits per heavy atom. The predicted octanol–water partition coefficient (Wildman–Crippen LogP) is 1.83. The van der Waals surface area contributed by atoms with Crippen molar-refractivity contribution in [1.29, 1.82) is 0 Å². The van der Waals surface area contributed by atoms with Crippen molar-refractivity contribution < 1.29 is 13.2 Å². The van der Waals surface area contributed by atoms with E-state index in [1.165, 1.54) is 0 Å². The van der Waals surface area contributed by atoms with E-state index >= 15 is 0 Å². The second kappa shape index (κ2) is 4.88. The number of imidazole rings is 1. The third-order valence-electron chi connectivity index (χ3n) is 3.25. The standard InChI is InChI=1S/C11H11BrF3N5/c12-9-7-1-2-17-10(20(7)6-18-9)19-4-3-16-8(5-19)11(13,14)15/h1-2,6,8,16H,3-5H2. The number of piperazine rings is 1. The maximum absolute atomic E-state index is 12.8. The van der Waals surface area contributed by atoms with E-state index in [9.17, 15) is 13.2 Å². The minimum atomic E-state index is -4.26. The number of hydrogen-bond acceptors (Lipinski definition) is 4. The van der Waals surface area contributed by atoms with Gasteiger partial charge in [0.1, 0.15) is 17.0 Å². The minimum absolute atomic E-state index is 0.161. The Morgan fingerprint density at radius 3 is 2.90 bits per heavy atom. The monoisotopic (exact) mass is 349 g/mol. The van der Waals surface area contributed by atoms with Crippen molar-refractivity contribution in [3.8, 4) is 0 Å². The minimum Gasteiger partial charge on any atom is -0.339 e. The Labute approximate surface area is 120 Å². The van der Waals surface area contributed by atoms with Crippen LogP contribution < -0.4 is 10.2 Å². The lowest BCUT2D eigenvalue weighted by Gasteiger charge is -2.35. The summed E-state index contributed by atoms with van der Waals surface area (Å²) in [4.78, 5) is 9.91. The van der Waals surface area contributed by atoms with Crippen molar-refractivity contribution in [2.24, 2.45) is 0 Å². The van der Waals surface area contributed by atoms with Gasteiger partial charge in [0.05, 0.1) is 5.52 Å². The van der Waals surface area contributed by atoms with E-state index in [2.05, 4.69) is 31.2 Å². The molecule has 0 amide bonds. The van der Waals surface area contributed by atoms with Crippen molar-refractivity contribution >= 4 is 27.4 Å². The number of halogens is 4. The van der Waals surface area contributed by atoms with Gasteiger partial charge in [-0.15, -0.1) is 0 Å². The molecule has 1 atom stereocenters. The number of alkyl halides is 3. The zero-order chi connectivity index (χ0) is 14.3. The lowest BCUT2D eigenvalue weighted by molar-refractivity contribution is -0.155. The van der Waals surface area contributed by atoms with Crippen molar-refractivity contribution in [2.75, 3.05) is 24.5 Å². The molecule has 1 N–H and O–H groups in total. The molecule has 1 aliphatic heterocycles. The lowest BCUT2D eigenvalue weighted by Crippen LogP contribution is -2.57. The van der Waals surface area contributed by atoms with Gasteiger partial charge in [0.15, 0.2) is 0 Å². The molecule has 9 heteroatoms. The smallest absolute Gasteiger partial charge is 0.339 e. The maximum Gasteiger partial charge on any atom is 0.405 e. The van der Waals surface area contributed by atoms with Crippen LogP contribution in [-0.2, 0) is 0 Å². The van der Waals surface area contributed by atoms with Crippen LogP contribution >= 0.6 is 15.9 Å². The van der Waals surface area contributed by atoms with Gasteiger partial charge >= 0.3 is 6.18 Å². The number of fused-ring (bicyclic) bond motifs is 1. The van der Waals surface area contributed by atoms with Crippen molar-refractivity contribution in [2.45, 2.75) is 12.2 Å². The van der Waals surface area contributed by atoms with E-state index < -0.39 is 12.2 Å². The van der Waals surface area contributed by atoms with Gasteiger partial charge in [0.25, 0.3) is 0 Å². The second-order valence-corrected chi connectivity index (χ2v) is 5.28. The summed E-state index contributed by atoms with van der Waals surface area (Å²) in [5.41, 5.74) is 0.775. The summed E-state index contributed by atoms with van der Waals surface area (Å²) in [5, 5.41) is 2.48. The summed E-state index contributed by atoms with van der Waals surface area (Å²) in [7, 11) is 0. The zero-order valence-corrected chi connectivity index (χ0v) is 11.8. The van der Waals surface area contributed by atoms with E-state index in [-0.39, 0.29) is 13.1 Å². The molecule has 0 aromatic carbocycles. The van der Waals surface area contributed by atoms with Gasteiger partial charge in [-0.05, 0) is 22.0 Å². The molecule has 0 radical (unpaired) electrons. The molecule has 1 saturated heterocycles.